The summed E-state index contributed by atoms with van der Waals surface area (Å²) in [6.45, 7) is 1.46. The third-order valence-electron chi connectivity index (χ3n) is 5.11. The van der Waals surface area contributed by atoms with Crippen LogP contribution in [0.4, 0.5) is 0 Å². The molecule has 0 saturated carbocycles. The number of likely N-dealkylation sites (N-methyl/N-ethyl adjacent to an activating group) is 1. The molecule has 4 nitrogen and oxygen atoms in total. The Balaban J connectivity index is 1.85. The van der Waals surface area contributed by atoms with Gasteiger partial charge in [-0.2, -0.15) is 5.26 Å². The highest BCUT2D eigenvalue weighted by atomic mass is 79.9. The lowest BCUT2D eigenvalue weighted by atomic mass is 9.80. The maximum absolute atomic E-state index is 9.80. The summed E-state index contributed by atoms with van der Waals surface area (Å²) in [4.78, 5) is 2.23. The molecule has 1 atom stereocenters. The molecule has 0 saturated heterocycles. The van der Waals surface area contributed by atoms with Gasteiger partial charge in [-0.15, -0.1) is 0 Å². The monoisotopic (exact) mass is 511 g/mol. The number of rotatable bonds is 2. The summed E-state index contributed by atoms with van der Waals surface area (Å²) in [6, 6.07) is 18.5. The van der Waals surface area contributed by atoms with Crippen molar-refractivity contribution >= 4 is 37.9 Å². The highest BCUT2D eigenvalue weighted by Crippen LogP contribution is 2.43. The minimum atomic E-state index is -0.215. The van der Waals surface area contributed by atoms with Crippen LogP contribution in [-0.4, -0.2) is 25.0 Å². The van der Waals surface area contributed by atoms with Crippen molar-refractivity contribution in [1.82, 2.24) is 4.90 Å². The molecule has 4 rings (SSSR count). The second-order valence-electron chi connectivity index (χ2n) is 7.22. The van der Waals surface area contributed by atoms with E-state index in [1.165, 1.54) is 0 Å². The van der Waals surface area contributed by atoms with Crippen LogP contribution in [0.25, 0.3) is 6.08 Å². The van der Waals surface area contributed by atoms with Gasteiger partial charge in [0.1, 0.15) is 17.4 Å². The van der Waals surface area contributed by atoms with E-state index in [4.69, 9.17) is 10.5 Å². The fourth-order valence-corrected chi connectivity index (χ4v) is 4.37. The topological polar surface area (TPSA) is 62.3 Å². The number of nitrogens with zero attached hydrogens (tertiary/aromatic N) is 2. The van der Waals surface area contributed by atoms with Gasteiger partial charge in [-0.1, -0.05) is 56.1 Å². The van der Waals surface area contributed by atoms with E-state index in [2.05, 4.69) is 68.1 Å². The Morgan fingerprint density at radius 2 is 1.69 bits per heavy atom. The molecule has 2 heterocycles. The third kappa shape index (κ3) is 4.04. The minimum absolute atomic E-state index is 0.186. The first-order valence-corrected chi connectivity index (χ1v) is 10.8. The average molecular weight is 513 g/mol. The van der Waals surface area contributed by atoms with Crippen LogP contribution in [0.15, 0.2) is 85.8 Å². The van der Waals surface area contributed by atoms with E-state index in [0.29, 0.717) is 12.1 Å². The molecule has 2 aromatic rings. The second-order valence-corrected chi connectivity index (χ2v) is 9.06. The number of ether oxygens (including phenoxy) is 1. The molecule has 29 heavy (non-hydrogen) atoms. The van der Waals surface area contributed by atoms with Crippen molar-refractivity contribution in [3.8, 4) is 6.07 Å². The molecule has 2 aliphatic heterocycles. The molecular formula is C23H19Br2N3O. The molecule has 0 aromatic heterocycles. The highest BCUT2D eigenvalue weighted by Gasteiger charge is 2.36. The fraction of sp³-hybridized carbons (Fsp3) is 0.174. The van der Waals surface area contributed by atoms with Gasteiger partial charge in [0.15, 0.2) is 0 Å². The van der Waals surface area contributed by atoms with Crippen LogP contribution in [0.3, 0.4) is 0 Å². The number of halogens is 2. The lowest BCUT2D eigenvalue weighted by molar-refractivity contribution is 0.251. The number of hydrogen-bond acceptors (Lipinski definition) is 4. The lowest BCUT2D eigenvalue weighted by Crippen LogP contribution is -2.35. The van der Waals surface area contributed by atoms with Crippen LogP contribution in [0.2, 0.25) is 0 Å². The van der Waals surface area contributed by atoms with Crippen molar-refractivity contribution in [3.63, 3.8) is 0 Å². The van der Waals surface area contributed by atoms with E-state index in [0.717, 1.165) is 43.5 Å². The summed E-state index contributed by atoms with van der Waals surface area (Å²) in [5.41, 5.74) is 10.9. The third-order valence-corrected chi connectivity index (χ3v) is 6.17. The molecule has 2 N–H and O–H groups in total. The first kappa shape index (κ1) is 20.0. The van der Waals surface area contributed by atoms with Crippen LogP contribution in [0, 0.1) is 11.3 Å². The summed E-state index contributed by atoms with van der Waals surface area (Å²) in [6.07, 6.45) is 2.13. The van der Waals surface area contributed by atoms with Gasteiger partial charge in [0.2, 0.25) is 5.88 Å². The number of nitriles is 1. The molecule has 0 spiro atoms. The van der Waals surface area contributed by atoms with Crippen molar-refractivity contribution in [2.45, 2.75) is 5.92 Å². The van der Waals surface area contributed by atoms with Gasteiger partial charge in [0.05, 0.1) is 5.92 Å². The molecule has 6 heteroatoms. The molecule has 2 aliphatic rings. The van der Waals surface area contributed by atoms with Gasteiger partial charge in [0.25, 0.3) is 0 Å². The molecule has 0 bridgehead atoms. The first-order chi connectivity index (χ1) is 14.0. The van der Waals surface area contributed by atoms with Crippen LogP contribution in [-0.2, 0) is 4.74 Å². The Labute approximate surface area is 187 Å². The van der Waals surface area contributed by atoms with Gasteiger partial charge in [-0.25, -0.2) is 0 Å². The van der Waals surface area contributed by atoms with E-state index >= 15 is 0 Å². The Morgan fingerprint density at radius 3 is 2.31 bits per heavy atom. The molecule has 0 amide bonds. The summed E-state index contributed by atoms with van der Waals surface area (Å²) < 4.78 is 8.06. The molecule has 0 aliphatic carbocycles. The predicted octanol–water partition coefficient (Wildman–Crippen LogP) is 5.30. The highest BCUT2D eigenvalue weighted by molar-refractivity contribution is 9.10. The Kier molecular flexibility index (Phi) is 5.64. The normalized spacial score (nSPS) is 21.0. The van der Waals surface area contributed by atoms with Gasteiger partial charge < -0.3 is 10.5 Å². The summed E-state index contributed by atoms with van der Waals surface area (Å²) in [5.74, 6) is 0.758. The number of nitrogens with two attached hydrogens (primary N) is 1. The van der Waals surface area contributed by atoms with Gasteiger partial charge in [0, 0.05) is 27.6 Å². The zero-order chi connectivity index (χ0) is 20.5. The van der Waals surface area contributed by atoms with Crippen molar-refractivity contribution in [1.29, 1.82) is 5.26 Å². The van der Waals surface area contributed by atoms with Crippen molar-refractivity contribution in [2.75, 3.05) is 20.1 Å². The maximum atomic E-state index is 9.80. The van der Waals surface area contributed by atoms with Crippen molar-refractivity contribution in [3.05, 3.63) is 97.0 Å². The average Bonchev–Trinajstić information content (AvgIpc) is 2.70. The number of allylic oxidation sites excluding steroid dienone is 1. The largest absolute Gasteiger partial charge is 0.440 e. The Bertz CT molecular complexity index is 1080. The summed E-state index contributed by atoms with van der Waals surface area (Å²) in [7, 11) is 2.07. The van der Waals surface area contributed by atoms with E-state index in [1.807, 2.05) is 36.4 Å². The lowest BCUT2D eigenvalue weighted by Gasteiger charge is -2.36. The van der Waals surface area contributed by atoms with Gasteiger partial charge in [-0.3, -0.25) is 4.90 Å². The predicted molar refractivity (Wildman–Crippen MR) is 121 cm³/mol. The maximum Gasteiger partial charge on any atom is 0.205 e. The molecule has 1 unspecified atom stereocenters. The zero-order valence-electron chi connectivity index (χ0n) is 15.8. The molecule has 0 fully saturated rings. The van der Waals surface area contributed by atoms with Crippen LogP contribution in [0.5, 0.6) is 0 Å². The first-order valence-electron chi connectivity index (χ1n) is 9.17. The van der Waals surface area contributed by atoms with E-state index in [-0.39, 0.29) is 11.8 Å². The fourth-order valence-electron chi connectivity index (χ4n) is 3.84. The quantitative estimate of drug-likeness (QED) is 0.592. The van der Waals surface area contributed by atoms with E-state index < -0.39 is 0 Å². The second kappa shape index (κ2) is 8.19. The van der Waals surface area contributed by atoms with E-state index in [1.54, 1.807) is 0 Å². The molecule has 146 valence electrons. The van der Waals surface area contributed by atoms with Crippen molar-refractivity contribution in [2.24, 2.45) is 5.73 Å². The van der Waals surface area contributed by atoms with Gasteiger partial charge in [-0.05, 0) is 54.1 Å². The molecular weight excluding hydrogens is 494 g/mol. The van der Waals surface area contributed by atoms with Crippen molar-refractivity contribution < 1.29 is 4.74 Å². The van der Waals surface area contributed by atoms with E-state index in [9.17, 15) is 5.26 Å². The van der Waals surface area contributed by atoms with Crippen LogP contribution in [0.1, 0.15) is 17.0 Å². The molecule has 0 radical (unpaired) electrons. The number of benzene rings is 2. The minimum Gasteiger partial charge on any atom is -0.440 e. The Morgan fingerprint density at radius 1 is 1.07 bits per heavy atom. The Hall–Kier alpha value is -2.33. The van der Waals surface area contributed by atoms with Crippen LogP contribution >= 0.6 is 31.9 Å². The number of hydrogen-bond donors (Lipinski definition) is 1. The standard InChI is InChI=1S/C23H19Br2N3O/c1-28-12-16(10-14-2-6-17(24)7-3-14)22-20(13-28)21(19(11-26)23(27)29-22)15-4-8-18(25)9-5-15/h2-10,21H,12-13,27H2,1H3. The van der Waals surface area contributed by atoms with Crippen LogP contribution < -0.4 is 5.73 Å². The summed E-state index contributed by atoms with van der Waals surface area (Å²) in [5, 5.41) is 9.80. The SMILES string of the molecule is CN1CC(=Cc2ccc(Br)cc2)C2=C(C1)C(c1ccc(Br)cc1)C(C#N)=C(N)O2. The summed E-state index contributed by atoms with van der Waals surface area (Å²) >= 11 is 6.96. The smallest absolute Gasteiger partial charge is 0.205 e. The van der Waals surface area contributed by atoms with Gasteiger partial charge >= 0.3 is 0 Å². The molecule has 2 aromatic carbocycles. The zero-order valence-corrected chi connectivity index (χ0v) is 19.0.